The van der Waals surface area contributed by atoms with E-state index in [4.69, 9.17) is 9.47 Å². The minimum Gasteiger partial charge on any atom is -0.458 e. The maximum atomic E-state index is 11.9. The molecule has 1 unspecified atom stereocenters. The van der Waals surface area contributed by atoms with Gasteiger partial charge in [-0.2, -0.15) is 0 Å². The van der Waals surface area contributed by atoms with Crippen LogP contribution in [0.5, 0.6) is 0 Å². The van der Waals surface area contributed by atoms with Gasteiger partial charge >= 0.3 is 11.9 Å². The summed E-state index contributed by atoms with van der Waals surface area (Å²) in [6, 6.07) is 0. The van der Waals surface area contributed by atoms with Crippen molar-refractivity contribution in [3.8, 4) is 0 Å². The van der Waals surface area contributed by atoms with Crippen molar-refractivity contribution < 1.29 is 24.2 Å². The van der Waals surface area contributed by atoms with Crippen molar-refractivity contribution in [2.75, 3.05) is 0 Å². The van der Waals surface area contributed by atoms with Crippen molar-refractivity contribution >= 4 is 11.9 Å². The molecule has 2 aliphatic carbocycles. The Morgan fingerprint density at radius 2 is 2.06 bits per heavy atom. The van der Waals surface area contributed by atoms with Crippen molar-refractivity contribution in [2.45, 2.75) is 98.4 Å². The van der Waals surface area contributed by atoms with Gasteiger partial charge < -0.3 is 14.6 Å². The number of fused-ring (bicyclic) bond motifs is 1. The Morgan fingerprint density at radius 3 is 2.66 bits per heavy atom. The molecule has 1 heterocycles. The second-order valence-corrected chi connectivity index (χ2v) is 10.8. The molecule has 32 heavy (non-hydrogen) atoms. The number of ether oxygens (including phenoxy) is 2. The topological polar surface area (TPSA) is 72.8 Å². The standard InChI is InChI=1S/C27H40O5/c1-17(2)9-7-13-26(5)14-8-10-22-21(26)12-11-18(3)27(22,6)16-23(31-19(4)28)20-15-24(29)32-25(20)30/h10,15,18,21,23,25,30H,1,7-9,11-14,16H2,2-6H3/t18-,21+,23+,25?,26+,27+/m0/s1. The third kappa shape index (κ3) is 5.03. The van der Waals surface area contributed by atoms with E-state index in [0.29, 0.717) is 23.8 Å². The van der Waals surface area contributed by atoms with Crippen molar-refractivity contribution in [1.82, 2.24) is 0 Å². The Labute approximate surface area is 192 Å². The number of aliphatic hydroxyl groups excluding tert-OH is 1. The molecule has 0 amide bonds. The van der Waals surface area contributed by atoms with E-state index in [1.54, 1.807) is 0 Å². The number of rotatable bonds is 8. The normalized spacial score (nSPS) is 35.3. The lowest BCUT2D eigenvalue weighted by Crippen LogP contribution is -2.46. The van der Waals surface area contributed by atoms with Gasteiger partial charge in [-0.15, -0.1) is 6.58 Å². The molecule has 0 aromatic carbocycles. The van der Waals surface area contributed by atoms with Crippen LogP contribution in [0.4, 0.5) is 0 Å². The molecule has 0 spiro atoms. The molecular weight excluding hydrogens is 404 g/mol. The van der Waals surface area contributed by atoms with Gasteiger partial charge in [0, 0.05) is 18.6 Å². The maximum absolute atomic E-state index is 11.9. The summed E-state index contributed by atoms with van der Waals surface area (Å²) in [4.78, 5) is 23.6. The quantitative estimate of drug-likeness (QED) is 0.388. The van der Waals surface area contributed by atoms with Crippen LogP contribution < -0.4 is 0 Å². The first-order chi connectivity index (χ1) is 15.0. The second-order valence-electron chi connectivity index (χ2n) is 10.8. The molecular formula is C27H40O5. The van der Waals surface area contributed by atoms with E-state index < -0.39 is 24.3 Å². The second kappa shape index (κ2) is 9.54. The van der Waals surface area contributed by atoms with Crippen LogP contribution in [0.1, 0.15) is 86.0 Å². The molecule has 6 atom stereocenters. The summed E-state index contributed by atoms with van der Waals surface area (Å²) in [6.45, 7) is 14.5. The summed E-state index contributed by atoms with van der Waals surface area (Å²) in [7, 11) is 0. The van der Waals surface area contributed by atoms with Gasteiger partial charge in [0.25, 0.3) is 0 Å². The number of allylic oxidation sites excluding steroid dienone is 3. The highest BCUT2D eigenvalue weighted by molar-refractivity contribution is 5.86. The zero-order chi connectivity index (χ0) is 23.7. The fourth-order valence-corrected chi connectivity index (χ4v) is 6.30. The fourth-order valence-electron chi connectivity index (χ4n) is 6.30. The van der Waals surface area contributed by atoms with Crippen LogP contribution in [0.25, 0.3) is 0 Å². The Kier molecular flexibility index (Phi) is 7.38. The summed E-state index contributed by atoms with van der Waals surface area (Å²) >= 11 is 0. The van der Waals surface area contributed by atoms with Crippen LogP contribution in [0.15, 0.2) is 35.5 Å². The third-order valence-electron chi connectivity index (χ3n) is 8.37. The molecule has 1 aliphatic heterocycles. The largest absolute Gasteiger partial charge is 0.458 e. The SMILES string of the molecule is C=C(C)CCC[C@]1(C)CCC=C2[C@H]1CC[C@H](C)[C@@]2(C)C[C@@H](OC(C)=O)C1=CC(=O)OC1O. The first-order valence-corrected chi connectivity index (χ1v) is 12.1. The van der Waals surface area contributed by atoms with E-state index in [9.17, 15) is 14.7 Å². The lowest BCUT2D eigenvalue weighted by molar-refractivity contribution is -0.154. The van der Waals surface area contributed by atoms with Crippen LogP contribution in [-0.2, 0) is 19.1 Å². The maximum Gasteiger partial charge on any atom is 0.333 e. The van der Waals surface area contributed by atoms with Crippen LogP contribution in [-0.4, -0.2) is 29.4 Å². The summed E-state index contributed by atoms with van der Waals surface area (Å²) in [5.41, 5.74) is 3.12. The van der Waals surface area contributed by atoms with Gasteiger partial charge in [0.15, 0.2) is 0 Å². The average Bonchev–Trinajstić information content (AvgIpc) is 3.02. The molecule has 3 rings (SSSR count). The number of cyclic esters (lactones) is 1. The average molecular weight is 445 g/mol. The van der Waals surface area contributed by atoms with Gasteiger partial charge in [0.1, 0.15) is 6.10 Å². The Bertz CT molecular complexity index is 824. The summed E-state index contributed by atoms with van der Waals surface area (Å²) < 4.78 is 10.6. The molecule has 5 nitrogen and oxygen atoms in total. The lowest BCUT2D eigenvalue weighted by atomic mass is 9.50. The van der Waals surface area contributed by atoms with Crippen LogP contribution in [0.2, 0.25) is 0 Å². The van der Waals surface area contributed by atoms with Gasteiger partial charge in [-0.25, -0.2) is 4.79 Å². The zero-order valence-corrected chi connectivity index (χ0v) is 20.4. The first-order valence-electron chi connectivity index (χ1n) is 12.1. The highest BCUT2D eigenvalue weighted by atomic mass is 16.6. The molecule has 0 aromatic rings. The van der Waals surface area contributed by atoms with E-state index in [0.717, 1.165) is 25.7 Å². The molecule has 1 fully saturated rings. The summed E-state index contributed by atoms with van der Waals surface area (Å²) in [6.07, 6.45) is 10.2. The molecule has 5 heteroatoms. The Balaban J connectivity index is 1.89. The van der Waals surface area contributed by atoms with E-state index in [-0.39, 0.29) is 10.8 Å². The minimum atomic E-state index is -1.35. The van der Waals surface area contributed by atoms with Gasteiger partial charge in [-0.3, -0.25) is 4.79 Å². The predicted molar refractivity (Wildman–Crippen MR) is 124 cm³/mol. The predicted octanol–water partition coefficient (Wildman–Crippen LogP) is 5.64. The number of esters is 2. The van der Waals surface area contributed by atoms with Crippen LogP contribution in [0.3, 0.4) is 0 Å². The van der Waals surface area contributed by atoms with Crippen molar-refractivity contribution in [3.63, 3.8) is 0 Å². The van der Waals surface area contributed by atoms with Gasteiger partial charge in [-0.1, -0.05) is 38.0 Å². The zero-order valence-electron chi connectivity index (χ0n) is 20.4. The number of carbonyl (C=O) groups is 2. The van der Waals surface area contributed by atoms with E-state index in [1.165, 1.54) is 43.4 Å². The number of hydrogen-bond acceptors (Lipinski definition) is 5. The minimum absolute atomic E-state index is 0.189. The molecule has 0 radical (unpaired) electrons. The molecule has 0 bridgehead atoms. The molecule has 0 aromatic heterocycles. The van der Waals surface area contributed by atoms with Crippen molar-refractivity contribution in [3.05, 3.63) is 35.5 Å². The summed E-state index contributed by atoms with van der Waals surface area (Å²) in [5, 5.41) is 10.3. The third-order valence-corrected chi connectivity index (χ3v) is 8.37. The van der Waals surface area contributed by atoms with Crippen molar-refractivity contribution in [1.29, 1.82) is 0 Å². The highest BCUT2D eigenvalue weighted by Crippen LogP contribution is 2.60. The monoisotopic (exact) mass is 444 g/mol. The molecule has 1 saturated carbocycles. The first kappa shape index (κ1) is 24.8. The Hall–Kier alpha value is -1.88. The number of aliphatic hydroxyl groups is 1. The van der Waals surface area contributed by atoms with Crippen molar-refractivity contribution in [2.24, 2.45) is 22.7 Å². The lowest BCUT2D eigenvalue weighted by Gasteiger charge is -2.54. The van der Waals surface area contributed by atoms with E-state index in [1.807, 2.05) is 0 Å². The number of carbonyl (C=O) groups excluding carboxylic acids is 2. The fraction of sp³-hybridized carbons (Fsp3) is 0.704. The molecule has 178 valence electrons. The van der Waals surface area contributed by atoms with Crippen LogP contribution in [0, 0.1) is 22.7 Å². The molecule has 3 aliphatic rings. The van der Waals surface area contributed by atoms with Gasteiger partial charge in [0.2, 0.25) is 6.29 Å². The van der Waals surface area contributed by atoms with E-state index >= 15 is 0 Å². The highest BCUT2D eigenvalue weighted by Gasteiger charge is 2.51. The van der Waals surface area contributed by atoms with Gasteiger partial charge in [-0.05, 0) is 81.0 Å². The number of hydrogen-bond donors (Lipinski definition) is 1. The van der Waals surface area contributed by atoms with E-state index in [2.05, 4.69) is 40.3 Å². The Morgan fingerprint density at radius 1 is 1.34 bits per heavy atom. The summed E-state index contributed by atoms with van der Waals surface area (Å²) in [5.74, 6) is -0.114. The van der Waals surface area contributed by atoms with Crippen LogP contribution >= 0.6 is 0 Å². The molecule has 1 N–H and O–H groups in total. The smallest absolute Gasteiger partial charge is 0.333 e. The molecule has 0 saturated heterocycles. The van der Waals surface area contributed by atoms with Gasteiger partial charge in [0.05, 0.1) is 0 Å².